The molecule has 0 saturated heterocycles. The summed E-state index contributed by atoms with van der Waals surface area (Å²) in [6.45, 7) is 0.171. The van der Waals surface area contributed by atoms with Crippen LogP contribution in [0.1, 0.15) is 37.4 Å². The smallest absolute Gasteiger partial charge is 0.220 e. The Balaban J connectivity index is 1.79. The molecule has 1 unspecified atom stereocenters. The molecule has 1 aliphatic carbocycles. The van der Waals surface area contributed by atoms with Gasteiger partial charge in [0, 0.05) is 28.6 Å². The zero-order valence-corrected chi connectivity index (χ0v) is 12.0. The molecule has 0 radical (unpaired) electrons. The molecule has 1 aromatic carbocycles. The quantitative estimate of drug-likeness (QED) is 0.847. The molecule has 5 heteroatoms. The van der Waals surface area contributed by atoms with Crippen LogP contribution in [-0.4, -0.2) is 17.6 Å². The summed E-state index contributed by atoms with van der Waals surface area (Å²) in [4.78, 5) is 11.6. The Labute approximate surface area is 122 Å². The van der Waals surface area contributed by atoms with Crippen LogP contribution in [-0.2, 0) is 4.79 Å². The molecule has 2 rings (SSSR count). The Morgan fingerprint density at radius 3 is 2.79 bits per heavy atom. The summed E-state index contributed by atoms with van der Waals surface area (Å²) >= 11 is 11.8. The summed E-state index contributed by atoms with van der Waals surface area (Å²) in [6, 6.07) is 4.92. The number of nitrogens with one attached hydrogen (secondary N) is 1. The molecule has 0 aromatic heterocycles. The van der Waals surface area contributed by atoms with Gasteiger partial charge in [0.1, 0.15) is 0 Å². The molecule has 1 fully saturated rings. The molecule has 2 N–H and O–H groups in total. The van der Waals surface area contributed by atoms with Crippen LogP contribution in [0, 0.1) is 5.92 Å². The molecule has 19 heavy (non-hydrogen) atoms. The van der Waals surface area contributed by atoms with Gasteiger partial charge in [0.05, 0.1) is 6.10 Å². The average molecular weight is 302 g/mol. The minimum atomic E-state index is -0.811. The van der Waals surface area contributed by atoms with Crippen LogP contribution in [0.25, 0.3) is 0 Å². The van der Waals surface area contributed by atoms with Gasteiger partial charge in [-0.05, 0) is 24.5 Å². The number of aliphatic hydroxyl groups is 1. The van der Waals surface area contributed by atoms with Gasteiger partial charge in [-0.25, -0.2) is 0 Å². The summed E-state index contributed by atoms with van der Waals surface area (Å²) in [5, 5.41) is 13.6. The first-order valence-electron chi connectivity index (χ1n) is 6.46. The summed E-state index contributed by atoms with van der Waals surface area (Å²) in [7, 11) is 0. The second kappa shape index (κ2) is 6.60. The second-order valence-corrected chi connectivity index (χ2v) is 5.81. The number of carbonyl (C=O) groups is 1. The first-order chi connectivity index (χ1) is 9.06. The summed E-state index contributed by atoms with van der Waals surface area (Å²) in [6.07, 6.45) is 3.16. The Hall–Kier alpha value is -0.770. The van der Waals surface area contributed by atoms with Crippen molar-refractivity contribution in [2.75, 3.05) is 6.54 Å². The van der Waals surface area contributed by atoms with Crippen LogP contribution in [0.5, 0.6) is 0 Å². The van der Waals surface area contributed by atoms with Crippen molar-refractivity contribution in [2.45, 2.75) is 31.8 Å². The number of benzene rings is 1. The van der Waals surface area contributed by atoms with Crippen LogP contribution in [0.15, 0.2) is 18.2 Å². The standard InChI is InChI=1S/C14H17Cl2NO2/c15-10-4-5-11(12(16)7-10)13(18)8-17-14(19)6-3-9-1-2-9/h4-5,7,9,13,18H,1-3,6,8H2,(H,17,19). The predicted molar refractivity (Wildman–Crippen MR) is 76.4 cm³/mol. The maximum absolute atomic E-state index is 11.6. The summed E-state index contributed by atoms with van der Waals surface area (Å²) < 4.78 is 0. The van der Waals surface area contributed by atoms with Gasteiger partial charge in [0.25, 0.3) is 0 Å². The molecule has 0 heterocycles. The Morgan fingerprint density at radius 2 is 2.16 bits per heavy atom. The number of amides is 1. The summed E-state index contributed by atoms with van der Waals surface area (Å²) in [5.41, 5.74) is 0.577. The lowest BCUT2D eigenvalue weighted by molar-refractivity contribution is -0.121. The van der Waals surface area contributed by atoms with E-state index in [0.717, 1.165) is 12.3 Å². The molecule has 1 atom stereocenters. The highest BCUT2D eigenvalue weighted by atomic mass is 35.5. The highest BCUT2D eigenvalue weighted by molar-refractivity contribution is 6.35. The molecule has 1 amide bonds. The fourth-order valence-corrected chi connectivity index (χ4v) is 2.46. The van der Waals surface area contributed by atoms with E-state index in [0.29, 0.717) is 22.0 Å². The lowest BCUT2D eigenvalue weighted by Crippen LogP contribution is -2.28. The van der Waals surface area contributed by atoms with Crippen LogP contribution >= 0.6 is 23.2 Å². The number of rotatable bonds is 6. The Morgan fingerprint density at radius 1 is 1.42 bits per heavy atom. The minimum absolute atomic E-state index is 0.0176. The molecule has 1 aromatic rings. The maximum Gasteiger partial charge on any atom is 0.220 e. The van der Waals surface area contributed by atoms with E-state index < -0.39 is 6.10 Å². The Bertz CT molecular complexity index is 461. The van der Waals surface area contributed by atoms with E-state index in [1.165, 1.54) is 12.8 Å². The van der Waals surface area contributed by atoms with E-state index in [2.05, 4.69) is 5.32 Å². The van der Waals surface area contributed by atoms with Gasteiger partial charge in [-0.2, -0.15) is 0 Å². The van der Waals surface area contributed by atoms with Crippen LogP contribution < -0.4 is 5.32 Å². The SMILES string of the molecule is O=C(CCC1CC1)NCC(O)c1ccc(Cl)cc1Cl. The number of carbonyl (C=O) groups excluding carboxylic acids is 1. The van der Waals surface area contributed by atoms with E-state index in [-0.39, 0.29) is 12.5 Å². The lowest BCUT2D eigenvalue weighted by atomic mass is 10.1. The lowest BCUT2D eigenvalue weighted by Gasteiger charge is -2.14. The highest BCUT2D eigenvalue weighted by Gasteiger charge is 2.22. The van der Waals surface area contributed by atoms with E-state index in [1.54, 1.807) is 18.2 Å². The predicted octanol–water partition coefficient (Wildman–Crippen LogP) is 3.33. The van der Waals surface area contributed by atoms with Crippen LogP contribution in [0.3, 0.4) is 0 Å². The van der Waals surface area contributed by atoms with E-state index in [9.17, 15) is 9.90 Å². The third kappa shape index (κ3) is 4.68. The average Bonchev–Trinajstić information content (AvgIpc) is 3.17. The third-order valence-corrected chi connectivity index (χ3v) is 3.85. The van der Waals surface area contributed by atoms with Gasteiger partial charge in [-0.3, -0.25) is 4.79 Å². The molecule has 1 aliphatic rings. The molecular formula is C14H17Cl2NO2. The van der Waals surface area contributed by atoms with Crippen molar-refractivity contribution in [3.8, 4) is 0 Å². The summed E-state index contributed by atoms with van der Waals surface area (Å²) in [5.74, 6) is 0.720. The number of halogens is 2. The topological polar surface area (TPSA) is 49.3 Å². The Kier molecular flexibility index (Phi) is 5.08. The van der Waals surface area contributed by atoms with Crippen molar-refractivity contribution >= 4 is 29.1 Å². The molecule has 0 bridgehead atoms. The molecule has 0 aliphatic heterocycles. The molecule has 104 valence electrons. The monoisotopic (exact) mass is 301 g/mol. The molecular weight excluding hydrogens is 285 g/mol. The van der Waals surface area contributed by atoms with Crippen molar-refractivity contribution in [1.29, 1.82) is 0 Å². The first kappa shape index (κ1) is 14.6. The fourth-order valence-electron chi connectivity index (χ4n) is 1.92. The van der Waals surface area contributed by atoms with Gasteiger partial charge in [0.15, 0.2) is 0 Å². The maximum atomic E-state index is 11.6. The molecule has 1 saturated carbocycles. The highest BCUT2D eigenvalue weighted by Crippen LogP contribution is 2.33. The number of hydrogen-bond donors (Lipinski definition) is 2. The second-order valence-electron chi connectivity index (χ2n) is 4.97. The molecule has 0 spiro atoms. The van der Waals surface area contributed by atoms with Gasteiger partial charge in [-0.15, -0.1) is 0 Å². The van der Waals surface area contributed by atoms with E-state index >= 15 is 0 Å². The third-order valence-electron chi connectivity index (χ3n) is 3.29. The minimum Gasteiger partial charge on any atom is -0.387 e. The van der Waals surface area contributed by atoms with Crippen molar-refractivity contribution in [3.63, 3.8) is 0 Å². The zero-order valence-electron chi connectivity index (χ0n) is 10.5. The van der Waals surface area contributed by atoms with E-state index in [1.807, 2.05) is 0 Å². The zero-order chi connectivity index (χ0) is 13.8. The van der Waals surface area contributed by atoms with Crippen molar-refractivity contribution in [2.24, 2.45) is 5.92 Å². The van der Waals surface area contributed by atoms with Gasteiger partial charge in [-0.1, -0.05) is 42.1 Å². The first-order valence-corrected chi connectivity index (χ1v) is 7.21. The van der Waals surface area contributed by atoms with Gasteiger partial charge in [0.2, 0.25) is 5.91 Å². The largest absolute Gasteiger partial charge is 0.387 e. The van der Waals surface area contributed by atoms with Crippen LogP contribution in [0.2, 0.25) is 10.0 Å². The fraction of sp³-hybridized carbons (Fsp3) is 0.500. The van der Waals surface area contributed by atoms with Crippen molar-refractivity contribution in [1.82, 2.24) is 5.32 Å². The van der Waals surface area contributed by atoms with E-state index in [4.69, 9.17) is 23.2 Å². The van der Waals surface area contributed by atoms with Crippen molar-refractivity contribution in [3.05, 3.63) is 33.8 Å². The van der Waals surface area contributed by atoms with Crippen molar-refractivity contribution < 1.29 is 9.90 Å². The number of aliphatic hydroxyl groups excluding tert-OH is 1. The van der Waals surface area contributed by atoms with Gasteiger partial charge >= 0.3 is 0 Å². The normalized spacial score (nSPS) is 16.2. The number of hydrogen-bond acceptors (Lipinski definition) is 2. The van der Waals surface area contributed by atoms with Gasteiger partial charge < -0.3 is 10.4 Å². The van der Waals surface area contributed by atoms with Crippen LogP contribution in [0.4, 0.5) is 0 Å². The molecule has 3 nitrogen and oxygen atoms in total.